The molecule has 0 bridgehead atoms. The topological polar surface area (TPSA) is 0 Å². The van der Waals surface area contributed by atoms with Crippen LogP contribution in [-0.2, 0) is 0 Å². The largest absolute Gasteiger partial charge is 0.179 e. The molecular weight excluding hydrogens is 244 g/mol. The van der Waals surface area contributed by atoms with Gasteiger partial charge >= 0.3 is 0 Å². The molecule has 0 aliphatic carbocycles. The van der Waals surface area contributed by atoms with E-state index < -0.39 is 0 Å². The SMILES string of the molecule is SCCSC(c1ccccc1)c1ccccc1. The van der Waals surface area contributed by atoms with Crippen molar-refractivity contribution in [1.82, 2.24) is 0 Å². The average molecular weight is 260 g/mol. The molecule has 0 aliphatic heterocycles. The number of hydrogen-bond acceptors (Lipinski definition) is 2. The summed E-state index contributed by atoms with van der Waals surface area (Å²) in [7, 11) is 0. The molecule has 2 heteroatoms. The summed E-state index contributed by atoms with van der Waals surface area (Å²) < 4.78 is 0. The van der Waals surface area contributed by atoms with Gasteiger partial charge in [0.15, 0.2) is 0 Å². The van der Waals surface area contributed by atoms with Crippen LogP contribution in [0.3, 0.4) is 0 Å². The highest BCUT2D eigenvalue weighted by Gasteiger charge is 2.13. The zero-order valence-corrected chi connectivity index (χ0v) is 11.3. The number of hydrogen-bond donors (Lipinski definition) is 1. The third-order valence-corrected chi connectivity index (χ3v) is 4.42. The van der Waals surface area contributed by atoms with Crippen LogP contribution in [0.2, 0.25) is 0 Å². The lowest BCUT2D eigenvalue weighted by Crippen LogP contribution is -1.98. The first-order chi connectivity index (χ1) is 8.42. The highest BCUT2D eigenvalue weighted by Crippen LogP contribution is 2.35. The van der Waals surface area contributed by atoms with Crippen molar-refractivity contribution >= 4 is 24.4 Å². The van der Waals surface area contributed by atoms with Crippen LogP contribution in [0.25, 0.3) is 0 Å². The molecule has 88 valence electrons. The van der Waals surface area contributed by atoms with Gasteiger partial charge in [0.05, 0.1) is 5.25 Å². The van der Waals surface area contributed by atoms with E-state index in [2.05, 4.69) is 73.3 Å². The minimum Gasteiger partial charge on any atom is -0.179 e. The molecular formula is C15H16S2. The Morgan fingerprint density at radius 3 is 1.71 bits per heavy atom. The quantitative estimate of drug-likeness (QED) is 0.776. The van der Waals surface area contributed by atoms with Gasteiger partial charge < -0.3 is 0 Å². The number of rotatable bonds is 5. The predicted octanol–water partition coefficient (Wildman–Crippen LogP) is 4.44. The van der Waals surface area contributed by atoms with Gasteiger partial charge in [0, 0.05) is 5.75 Å². The number of benzene rings is 2. The van der Waals surface area contributed by atoms with Gasteiger partial charge in [-0.3, -0.25) is 0 Å². The smallest absolute Gasteiger partial charge is 0.0546 e. The summed E-state index contributed by atoms with van der Waals surface area (Å²) in [6.07, 6.45) is 0. The highest BCUT2D eigenvalue weighted by molar-refractivity contribution is 8.00. The maximum atomic E-state index is 4.30. The van der Waals surface area contributed by atoms with Gasteiger partial charge in [-0.1, -0.05) is 60.7 Å². The van der Waals surface area contributed by atoms with Crippen LogP contribution in [0.1, 0.15) is 16.4 Å². The molecule has 0 nitrogen and oxygen atoms in total. The maximum Gasteiger partial charge on any atom is 0.0546 e. The van der Waals surface area contributed by atoms with Crippen molar-refractivity contribution < 1.29 is 0 Å². The molecule has 0 atom stereocenters. The first kappa shape index (κ1) is 12.6. The number of thioether (sulfide) groups is 1. The minimum atomic E-state index is 0.421. The van der Waals surface area contributed by atoms with E-state index in [1.54, 1.807) is 0 Å². The van der Waals surface area contributed by atoms with Crippen LogP contribution in [-0.4, -0.2) is 11.5 Å². The monoisotopic (exact) mass is 260 g/mol. The molecule has 0 aromatic heterocycles. The Labute approximate surface area is 113 Å². The molecule has 2 rings (SSSR count). The first-order valence-electron chi connectivity index (χ1n) is 5.74. The van der Waals surface area contributed by atoms with E-state index >= 15 is 0 Å². The van der Waals surface area contributed by atoms with Gasteiger partial charge in [0.2, 0.25) is 0 Å². The summed E-state index contributed by atoms with van der Waals surface area (Å²) in [5, 5.41) is 0.421. The van der Waals surface area contributed by atoms with E-state index in [-0.39, 0.29) is 0 Å². The molecule has 0 saturated heterocycles. The van der Waals surface area contributed by atoms with Gasteiger partial charge in [-0.15, -0.1) is 11.8 Å². The molecule has 17 heavy (non-hydrogen) atoms. The number of thiol groups is 1. The van der Waals surface area contributed by atoms with Crippen molar-refractivity contribution in [3.63, 3.8) is 0 Å². The molecule has 2 aromatic rings. The molecule has 2 aromatic carbocycles. The summed E-state index contributed by atoms with van der Waals surface area (Å²) in [5.41, 5.74) is 2.73. The maximum absolute atomic E-state index is 4.30. The van der Waals surface area contributed by atoms with Crippen LogP contribution >= 0.6 is 24.4 Å². The van der Waals surface area contributed by atoms with Crippen LogP contribution < -0.4 is 0 Å². The lowest BCUT2D eigenvalue weighted by Gasteiger charge is -2.17. The first-order valence-corrected chi connectivity index (χ1v) is 7.42. The fourth-order valence-electron chi connectivity index (χ4n) is 1.81. The van der Waals surface area contributed by atoms with Gasteiger partial charge in [0.1, 0.15) is 0 Å². The second kappa shape index (κ2) is 6.77. The molecule has 0 heterocycles. The standard InChI is InChI=1S/C15H16S2/c16-11-12-17-15(13-7-3-1-4-8-13)14-9-5-2-6-10-14/h1-10,15-16H,11-12H2. The predicted molar refractivity (Wildman–Crippen MR) is 81.0 cm³/mol. The Kier molecular flexibility index (Phi) is 5.02. The van der Waals surface area contributed by atoms with Crippen molar-refractivity contribution in [1.29, 1.82) is 0 Å². The molecule has 0 saturated carbocycles. The van der Waals surface area contributed by atoms with Crippen molar-refractivity contribution in [2.45, 2.75) is 5.25 Å². The van der Waals surface area contributed by atoms with Crippen LogP contribution in [0.5, 0.6) is 0 Å². The van der Waals surface area contributed by atoms with Gasteiger partial charge in [-0.25, -0.2) is 0 Å². The summed E-state index contributed by atoms with van der Waals surface area (Å²) >= 11 is 6.25. The van der Waals surface area contributed by atoms with Crippen molar-refractivity contribution in [3.05, 3.63) is 71.8 Å². The molecule has 0 unspecified atom stereocenters. The summed E-state index contributed by atoms with van der Waals surface area (Å²) in [5.74, 6) is 1.98. The summed E-state index contributed by atoms with van der Waals surface area (Å²) in [6, 6.07) is 21.3. The normalized spacial score (nSPS) is 10.7. The van der Waals surface area contributed by atoms with Gasteiger partial charge in [0.25, 0.3) is 0 Å². The Balaban J connectivity index is 2.26. The molecule has 0 spiro atoms. The Morgan fingerprint density at radius 1 is 0.824 bits per heavy atom. The molecule has 0 amide bonds. The van der Waals surface area contributed by atoms with E-state index in [1.807, 2.05) is 11.8 Å². The Hall–Kier alpha value is -0.860. The van der Waals surface area contributed by atoms with E-state index in [1.165, 1.54) is 11.1 Å². The summed E-state index contributed by atoms with van der Waals surface area (Å²) in [4.78, 5) is 0. The molecule has 0 N–H and O–H groups in total. The second-order valence-corrected chi connectivity index (χ2v) is 5.46. The van der Waals surface area contributed by atoms with Crippen LogP contribution in [0.15, 0.2) is 60.7 Å². The second-order valence-electron chi connectivity index (χ2n) is 3.80. The van der Waals surface area contributed by atoms with Crippen LogP contribution in [0.4, 0.5) is 0 Å². The average Bonchev–Trinajstić information content (AvgIpc) is 2.42. The Bertz CT molecular complexity index is 386. The van der Waals surface area contributed by atoms with E-state index in [4.69, 9.17) is 0 Å². The fraction of sp³-hybridized carbons (Fsp3) is 0.200. The highest BCUT2D eigenvalue weighted by atomic mass is 32.2. The third kappa shape index (κ3) is 3.55. The van der Waals surface area contributed by atoms with Gasteiger partial charge in [-0.2, -0.15) is 12.6 Å². The molecule has 0 aliphatic rings. The van der Waals surface area contributed by atoms with E-state index in [0.717, 1.165) is 11.5 Å². The molecule has 0 fully saturated rings. The van der Waals surface area contributed by atoms with Crippen molar-refractivity contribution in [3.8, 4) is 0 Å². The van der Waals surface area contributed by atoms with Crippen LogP contribution in [0, 0.1) is 0 Å². The van der Waals surface area contributed by atoms with E-state index in [9.17, 15) is 0 Å². The fourth-order valence-corrected chi connectivity index (χ4v) is 3.17. The summed E-state index contributed by atoms with van der Waals surface area (Å²) in [6.45, 7) is 0. The van der Waals surface area contributed by atoms with Crippen molar-refractivity contribution in [2.75, 3.05) is 11.5 Å². The minimum absolute atomic E-state index is 0.421. The zero-order chi connectivity index (χ0) is 11.9. The Morgan fingerprint density at radius 2 is 1.29 bits per heavy atom. The van der Waals surface area contributed by atoms with Gasteiger partial charge in [-0.05, 0) is 16.9 Å². The third-order valence-electron chi connectivity index (χ3n) is 2.58. The zero-order valence-electron chi connectivity index (χ0n) is 9.62. The van der Waals surface area contributed by atoms with Crippen molar-refractivity contribution in [2.24, 2.45) is 0 Å². The molecule has 0 radical (unpaired) electrons. The lowest BCUT2D eigenvalue weighted by atomic mass is 10.0. The van der Waals surface area contributed by atoms with E-state index in [0.29, 0.717) is 5.25 Å². The lowest BCUT2D eigenvalue weighted by molar-refractivity contribution is 1.15.